The van der Waals surface area contributed by atoms with Crippen LogP contribution in [0.15, 0.2) is 200 Å². The molecule has 0 saturated carbocycles. The Balaban J connectivity index is 0.914. The van der Waals surface area contributed by atoms with Crippen molar-refractivity contribution in [1.29, 1.82) is 10.5 Å². The minimum Gasteiger partial charge on any atom is -0.333 e. The Labute approximate surface area is 387 Å². The second-order valence-electron chi connectivity index (χ2n) is 18.3. The molecular formula is C62H39N5. The zero-order valence-corrected chi connectivity index (χ0v) is 36.4. The molecule has 2 aliphatic carbocycles. The molecule has 3 heterocycles. The highest BCUT2D eigenvalue weighted by molar-refractivity contribution is 6.13. The SMILES string of the molecule is N#Cc1cc(C#N)cc(-c2ccc3c(c2)Cc2cc4ccc(-n5c6ccc(N7c8ccccc8C8C=CC=CC87)cc6c6cc(-n7c8ccccc8c8ccccc87)ccc65)cc4cc2C3)c1. The highest BCUT2D eigenvalue weighted by Crippen LogP contribution is 2.49. The molecule has 11 aromatic rings. The summed E-state index contributed by atoms with van der Waals surface area (Å²) in [5, 5.41) is 26.6. The molecule has 0 N–H and O–H groups in total. The van der Waals surface area contributed by atoms with Crippen LogP contribution in [0.4, 0.5) is 11.4 Å². The van der Waals surface area contributed by atoms with Gasteiger partial charge in [0, 0.05) is 50.2 Å². The summed E-state index contributed by atoms with van der Waals surface area (Å²) in [6.45, 7) is 0. The van der Waals surface area contributed by atoms with Crippen molar-refractivity contribution in [2.24, 2.45) is 0 Å². The number of nitrogens with zero attached hydrogens (tertiary/aromatic N) is 5. The average molecular weight is 854 g/mol. The number of rotatable bonds is 4. The van der Waals surface area contributed by atoms with Gasteiger partial charge in [0.1, 0.15) is 0 Å². The first-order valence-electron chi connectivity index (χ1n) is 23.0. The second-order valence-corrected chi connectivity index (χ2v) is 18.3. The van der Waals surface area contributed by atoms with Gasteiger partial charge in [0.15, 0.2) is 0 Å². The molecule has 9 aromatic carbocycles. The molecule has 1 aliphatic heterocycles. The predicted octanol–water partition coefficient (Wildman–Crippen LogP) is 14.7. The molecular weight excluding hydrogens is 815 g/mol. The summed E-state index contributed by atoms with van der Waals surface area (Å²) >= 11 is 0. The fourth-order valence-corrected chi connectivity index (χ4v) is 11.7. The van der Waals surface area contributed by atoms with E-state index in [4.69, 9.17) is 0 Å². The van der Waals surface area contributed by atoms with Crippen LogP contribution in [0.5, 0.6) is 0 Å². The van der Waals surface area contributed by atoms with Crippen molar-refractivity contribution in [2.45, 2.75) is 24.8 Å². The van der Waals surface area contributed by atoms with Gasteiger partial charge in [-0.05, 0) is 147 Å². The van der Waals surface area contributed by atoms with E-state index < -0.39 is 0 Å². The zero-order chi connectivity index (χ0) is 44.3. The fourth-order valence-electron chi connectivity index (χ4n) is 11.7. The molecule has 0 bridgehead atoms. The van der Waals surface area contributed by atoms with Gasteiger partial charge >= 0.3 is 0 Å². The third-order valence-electron chi connectivity index (χ3n) is 14.7. The Kier molecular flexibility index (Phi) is 8.00. The molecule has 0 amide bonds. The molecule has 312 valence electrons. The average Bonchev–Trinajstić information content (AvgIpc) is 4.02. The maximum atomic E-state index is 9.62. The second kappa shape index (κ2) is 14.3. The molecule has 5 nitrogen and oxygen atoms in total. The molecule has 5 heteroatoms. The summed E-state index contributed by atoms with van der Waals surface area (Å²) in [4.78, 5) is 2.54. The fraction of sp³-hybridized carbons (Fsp3) is 0.0645. The highest BCUT2D eigenvalue weighted by atomic mass is 15.2. The molecule has 2 atom stereocenters. The lowest BCUT2D eigenvalue weighted by atomic mass is 9.83. The van der Waals surface area contributed by atoms with E-state index in [1.807, 2.05) is 12.1 Å². The summed E-state index contributed by atoms with van der Waals surface area (Å²) in [7, 11) is 0. The number of benzene rings is 9. The first-order valence-corrected chi connectivity index (χ1v) is 23.0. The van der Waals surface area contributed by atoms with E-state index in [9.17, 15) is 10.5 Å². The molecule has 0 spiro atoms. The van der Waals surface area contributed by atoms with Crippen molar-refractivity contribution >= 4 is 65.8 Å². The van der Waals surface area contributed by atoms with Crippen molar-refractivity contribution < 1.29 is 0 Å². The summed E-state index contributed by atoms with van der Waals surface area (Å²) in [5.41, 5.74) is 19.0. The number of hydrogen-bond donors (Lipinski definition) is 0. The van der Waals surface area contributed by atoms with Crippen LogP contribution in [0.2, 0.25) is 0 Å². The minimum atomic E-state index is 0.209. The smallest absolute Gasteiger partial charge is 0.0992 e. The van der Waals surface area contributed by atoms with Crippen molar-refractivity contribution in [3.05, 3.63) is 239 Å². The van der Waals surface area contributed by atoms with Gasteiger partial charge in [-0.25, -0.2) is 0 Å². The van der Waals surface area contributed by atoms with Crippen molar-refractivity contribution in [1.82, 2.24) is 9.13 Å². The van der Waals surface area contributed by atoms with Gasteiger partial charge in [-0.15, -0.1) is 0 Å². The van der Waals surface area contributed by atoms with Crippen LogP contribution in [0.25, 0.3) is 76.9 Å². The summed E-state index contributed by atoms with van der Waals surface area (Å²) in [6.07, 6.45) is 10.8. The number of aromatic nitrogens is 2. The van der Waals surface area contributed by atoms with E-state index in [-0.39, 0.29) is 6.04 Å². The first kappa shape index (κ1) is 37.5. The largest absolute Gasteiger partial charge is 0.333 e. The van der Waals surface area contributed by atoms with Crippen LogP contribution >= 0.6 is 0 Å². The molecule has 2 aromatic heterocycles. The predicted molar refractivity (Wildman–Crippen MR) is 273 cm³/mol. The Morgan fingerprint density at radius 1 is 0.418 bits per heavy atom. The first-order chi connectivity index (χ1) is 33.1. The number of fused-ring (bicyclic) bond motifs is 12. The van der Waals surface area contributed by atoms with E-state index in [1.54, 1.807) is 6.07 Å². The Morgan fingerprint density at radius 2 is 1.00 bits per heavy atom. The topological polar surface area (TPSA) is 60.7 Å². The maximum Gasteiger partial charge on any atom is 0.0992 e. The zero-order valence-electron chi connectivity index (χ0n) is 36.4. The van der Waals surface area contributed by atoms with Gasteiger partial charge in [0.25, 0.3) is 0 Å². The number of para-hydroxylation sites is 3. The van der Waals surface area contributed by atoms with E-state index in [2.05, 4.69) is 208 Å². The van der Waals surface area contributed by atoms with Crippen LogP contribution < -0.4 is 4.90 Å². The van der Waals surface area contributed by atoms with Gasteiger partial charge in [0.2, 0.25) is 0 Å². The third-order valence-corrected chi connectivity index (χ3v) is 14.7. The normalized spacial score (nSPS) is 15.8. The van der Waals surface area contributed by atoms with Crippen LogP contribution in [-0.4, -0.2) is 15.2 Å². The van der Waals surface area contributed by atoms with Crippen LogP contribution in [-0.2, 0) is 12.8 Å². The molecule has 0 radical (unpaired) electrons. The number of nitriles is 2. The van der Waals surface area contributed by atoms with Gasteiger partial charge in [0.05, 0.1) is 51.4 Å². The standard InChI is InChI=1S/C62H39N5/c63-36-38-25-39(37-64)27-43(26-38)40-17-18-41-29-46-32-47-33-48(20-19-42(47)30-45(46)31-44(41)28-40)65-61-23-21-49(66-57-13-5-1-9-51(57)52-10-2-6-14-58(52)66)34-55(61)56-35-50(22-24-62(56)65)67-59-15-7-3-11-53(59)54-12-4-8-16-60(54)67/h1-28,30,32-35,51,57H,29,31H2. The quantitative estimate of drug-likeness (QED) is 0.177. The molecule has 0 saturated heterocycles. The number of hydrogen-bond acceptors (Lipinski definition) is 3. The van der Waals surface area contributed by atoms with Crippen molar-refractivity contribution in [3.8, 4) is 34.6 Å². The molecule has 0 fully saturated rings. The lowest BCUT2D eigenvalue weighted by Gasteiger charge is -2.28. The molecule has 2 unspecified atom stereocenters. The van der Waals surface area contributed by atoms with Crippen LogP contribution in [0.1, 0.15) is 44.9 Å². The van der Waals surface area contributed by atoms with Gasteiger partial charge in [-0.3, -0.25) is 0 Å². The molecule has 3 aliphatic rings. The monoisotopic (exact) mass is 853 g/mol. The summed E-state index contributed by atoms with van der Waals surface area (Å²) < 4.78 is 4.88. The van der Waals surface area contributed by atoms with Gasteiger partial charge in [-0.1, -0.05) is 115 Å². The van der Waals surface area contributed by atoms with E-state index >= 15 is 0 Å². The summed E-state index contributed by atoms with van der Waals surface area (Å²) in [6, 6.07) is 68.8. The number of allylic oxidation sites excluding steroid dienone is 2. The van der Waals surface area contributed by atoms with Crippen molar-refractivity contribution in [3.63, 3.8) is 0 Å². The molecule has 67 heavy (non-hydrogen) atoms. The Bertz CT molecular complexity index is 4020. The minimum absolute atomic E-state index is 0.209. The maximum absolute atomic E-state index is 9.62. The van der Waals surface area contributed by atoms with Crippen LogP contribution in [0.3, 0.4) is 0 Å². The lowest BCUT2D eigenvalue weighted by molar-refractivity contribution is 0.745. The number of anilines is 2. The Morgan fingerprint density at radius 3 is 1.75 bits per heavy atom. The van der Waals surface area contributed by atoms with Crippen molar-refractivity contribution in [2.75, 3.05) is 4.90 Å². The van der Waals surface area contributed by atoms with Gasteiger partial charge < -0.3 is 14.0 Å². The van der Waals surface area contributed by atoms with E-state index in [0.717, 1.165) is 35.3 Å². The third kappa shape index (κ3) is 5.65. The lowest BCUT2D eigenvalue weighted by Crippen LogP contribution is -2.28. The Hall–Kier alpha value is -8.90. The highest BCUT2D eigenvalue weighted by Gasteiger charge is 2.37. The van der Waals surface area contributed by atoms with E-state index in [1.165, 1.54) is 93.6 Å². The molecule has 14 rings (SSSR count). The van der Waals surface area contributed by atoms with Crippen LogP contribution in [0, 0.1) is 22.7 Å². The van der Waals surface area contributed by atoms with E-state index in [0.29, 0.717) is 17.0 Å². The summed E-state index contributed by atoms with van der Waals surface area (Å²) in [5.74, 6) is 0.307. The van der Waals surface area contributed by atoms with Gasteiger partial charge in [-0.2, -0.15) is 10.5 Å².